The summed E-state index contributed by atoms with van der Waals surface area (Å²) in [6.45, 7) is 0. The topological polar surface area (TPSA) is 90.9 Å². The maximum atomic E-state index is 13.2. The van der Waals surface area contributed by atoms with Gasteiger partial charge in [-0.25, -0.2) is 18.4 Å². The first-order valence-electron chi connectivity index (χ1n) is 7.68. The standard InChI is InChI=1S/C18H13ClN4O2S/c19-17-15-14(21-11-22-17)16(26(24,25)13-9-5-2-6-10-13)18(20)23(15)12-7-3-1-4-8-12/h1-11H,20H2. The van der Waals surface area contributed by atoms with E-state index in [0.29, 0.717) is 11.2 Å². The second-order valence-electron chi connectivity index (χ2n) is 5.56. The summed E-state index contributed by atoms with van der Waals surface area (Å²) in [6.07, 6.45) is 1.23. The summed E-state index contributed by atoms with van der Waals surface area (Å²) in [5.41, 5.74) is 7.51. The molecule has 2 aromatic heterocycles. The smallest absolute Gasteiger partial charge is 0.212 e. The van der Waals surface area contributed by atoms with E-state index in [0.717, 1.165) is 0 Å². The molecular formula is C18H13ClN4O2S. The van der Waals surface area contributed by atoms with E-state index in [-0.39, 0.29) is 26.3 Å². The predicted octanol–water partition coefficient (Wildman–Crippen LogP) is 3.49. The molecule has 0 aliphatic rings. The Morgan fingerprint density at radius 3 is 2.19 bits per heavy atom. The van der Waals surface area contributed by atoms with Crippen molar-refractivity contribution in [2.45, 2.75) is 9.79 Å². The Morgan fingerprint density at radius 1 is 0.923 bits per heavy atom. The van der Waals surface area contributed by atoms with Crippen molar-refractivity contribution >= 4 is 38.3 Å². The highest BCUT2D eigenvalue weighted by Crippen LogP contribution is 2.38. The van der Waals surface area contributed by atoms with Gasteiger partial charge in [0.05, 0.1) is 4.90 Å². The van der Waals surface area contributed by atoms with Crippen LogP contribution < -0.4 is 5.73 Å². The number of nitrogens with two attached hydrogens (primary N) is 1. The minimum absolute atomic E-state index is 0.0393. The van der Waals surface area contributed by atoms with E-state index in [4.69, 9.17) is 17.3 Å². The molecule has 0 spiro atoms. The molecule has 0 saturated carbocycles. The number of hydrogen-bond acceptors (Lipinski definition) is 5. The fourth-order valence-corrected chi connectivity index (χ4v) is 4.63. The molecule has 6 nitrogen and oxygen atoms in total. The highest BCUT2D eigenvalue weighted by molar-refractivity contribution is 7.92. The van der Waals surface area contributed by atoms with E-state index in [1.807, 2.05) is 18.2 Å². The minimum atomic E-state index is -3.89. The highest BCUT2D eigenvalue weighted by atomic mass is 35.5. The predicted molar refractivity (Wildman–Crippen MR) is 100 cm³/mol. The van der Waals surface area contributed by atoms with Crippen LogP contribution in [-0.4, -0.2) is 23.0 Å². The van der Waals surface area contributed by atoms with Crippen molar-refractivity contribution in [2.75, 3.05) is 5.73 Å². The number of benzene rings is 2. The van der Waals surface area contributed by atoms with Crippen LogP contribution in [0.1, 0.15) is 0 Å². The first-order chi connectivity index (χ1) is 12.5. The molecule has 0 amide bonds. The molecule has 0 atom stereocenters. The number of nitrogen functional groups attached to an aromatic ring is 1. The molecule has 0 radical (unpaired) electrons. The molecule has 0 saturated heterocycles. The Hall–Kier alpha value is -2.90. The van der Waals surface area contributed by atoms with Crippen LogP contribution in [0.25, 0.3) is 16.7 Å². The molecule has 0 unspecified atom stereocenters. The average molecular weight is 385 g/mol. The van der Waals surface area contributed by atoms with Gasteiger partial charge in [0.1, 0.15) is 28.1 Å². The third-order valence-electron chi connectivity index (χ3n) is 4.03. The van der Waals surface area contributed by atoms with Gasteiger partial charge in [-0.1, -0.05) is 48.0 Å². The third-order valence-corrected chi connectivity index (χ3v) is 6.14. The van der Waals surface area contributed by atoms with E-state index in [1.165, 1.54) is 18.5 Å². The number of halogens is 1. The fraction of sp³-hybridized carbons (Fsp3) is 0. The first-order valence-corrected chi connectivity index (χ1v) is 9.54. The van der Waals surface area contributed by atoms with Gasteiger partial charge in [-0.3, -0.25) is 4.57 Å². The second kappa shape index (κ2) is 6.12. The highest BCUT2D eigenvalue weighted by Gasteiger charge is 2.30. The van der Waals surface area contributed by atoms with Crippen molar-refractivity contribution in [3.8, 4) is 5.69 Å². The maximum absolute atomic E-state index is 13.2. The van der Waals surface area contributed by atoms with E-state index in [2.05, 4.69) is 9.97 Å². The molecule has 0 aliphatic carbocycles. The number of para-hydroxylation sites is 1. The van der Waals surface area contributed by atoms with Crippen molar-refractivity contribution in [1.82, 2.24) is 14.5 Å². The summed E-state index contributed by atoms with van der Waals surface area (Å²) in [4.78, 5) is 8.21. The molecule has 2 heterocycles. The number of fused-ring (bicyclic) bond motifs is 1. The lowest BCUT2D eigenvalue weighted by atomic mass is 10.3. The van der Waals surface area contributed by atoms with Crippen LogP contribution in [0.3, 0.4) is 0 Å². The number of hydrogen-bond donors (Lipinski definition) is 1. The van der Waals surface area contributed by atoms with Gasteiger partial charge in [-0.2, -0.15) is 0 Å². The molecular weight excluding hydrogens is 372 g/mol. The normalized spacial score (nSPS) is 11.7. The minimum Gasteiger partial charge on any atom is -0.384 e. The van der Waals surface area contributed by atoms with Gasteiger partial charge in [0, 0.05) is 5.69 Å². The second-order valence-corrected chi connectivity index (χ2v) is 7.81. The van der Waals surface area contributed by atoms with Crippen molar-refractivity contribution in [3.63, 3.8) is 0 Å². The molecule has 2 N–H and O–H groups in total. The summed E-state index contributed by atoms with van der Waals surface area (Å²) >= 11 is 6.27. The lowest BCUT2D eigenvalue weighted by Gasteiger charge is -2.08. The monoisotopic (exact) mass is 384 g/mol. The van der Waals surface area contributed by atoms with Gasteiger partial charge in [0.2, 0.25) is 9.84 Å². The van der Waals surface area contributed by atoms with Crippen molar-refractivity contribution in [1.29, 1.82) is 0 Å². The van der Waals surface area contributed by atoms with Crippen LogP contribution in [-0.2, 0) is 9.84 Å². The van der Waals surface area contributed by atoms with Crippen LogP contribution in [0.4, 0.5) is 5.82 Å². The number of aromatic nitrogens is 3. The summed E-state index contributed by atoms with van der Waals surface area (Å²) in [7, 11) is -3.89. The number of sulfone groups is 1. The molecule has 4 rings (SSSR count). The zero-order valence-corrected chi connectivity index (χ0v) is 14.9. The molecule has 0 bridgehead atoms. The van der Waals surface area contributed by atoms with Gasteiger partial charge in [0.15, 0.2) is 5.15 Å². The number of nitrogens with zero attached hydrogens (tertiary/aromatic N) is 3. The van der Waals surface area contributed by atoms with Gasteiger partial charge < -0.3 is 5.73 Å². The summed E-state index contributed by atoms with van der Waals surface area (Å²) in [6, 6.07) is 17.2. The quantitative estimate of drug-likeness (QED) is 0.546. The number of anilines is 1. The zero-order chi connectivity index (χ0) is 18.3. The molecule has 26 heavy (non-hydrogen) atoms. The Morgan fingerprint density at radius 2 is 1.54 bits per heavy atom. The van der Waals surface area contributed by atoms with Crippen LogP contribution in [0.15, 0.2) is 76.8 Å². The Balaban J connectivity index is 2.13. The Bertz CT molecular complexity index is 1210. The summed E-state index contributed by atoms with van der Waals surface area (Å²) in [5, 5.41) is 0.125. The fourth-order valence-electron chi connectivity index (χ4n) is 2.89. The molecule has 130 valence electrons. The van der Waals surface area contributed by atoms with E-state index in [1.54, 1.807) is 34.9 Å². The maximum Gasteiger partial charge on any atom is 0.212 e. The van der Waals surface area contributed by atoms with Gasteiger partial charge in [-0.05, 0) is 24.3 Å². The largest absolute Gasteiger partial charge is 0.384 e. The molecule has 4 aromatic rings. The molecule has 0 aliphatic heterocycles. The van der Waals surface area contributed by atoms with Crippen molar-refractivity contribution in [3.05, 3.63) is 72.1 Å². The van der Waals surface area contributed by atoms with Crippen LogP contribution >= 0.6 is 11.6 Å². The molecule has 2 aromatic carbocycles. The average Bonchev–Trinajstić information content (AvgIpc) is 2.97. The lowest BCUT2D eigenvalue weighted by molar-refractivity contribution is 0.597. The van der Waals surface area contributed by atoms with Crippen molar-refractivity contribution in [2.24, 2.45) is 0 Å². The van der Waals surface area contributed by atoms with Gasteiger partial charge >= 0.3 is 0 Å². The van der Waals surface area contributed by atoms with E-state index in [9.17, 15) is 8.42 Å². The first kappa shape index (κ1) is 16.6. The Kier molecular flexibility index (Phi) is 3.90. The third kappa shape index (κ3) is 2.44. The molecule has 0 fully saturated rings. The van der Waals surface area contributed by atoms with Crippen LogP contribution in [0.2, 0.25) is 5.15 Å². The summed E-state index contributed by atoms with van der Waals surface area (Å²) in [5.74, 6) is 0.0393. The van der Waals surface area contributed by atoms with E-state index >= 15 is 0 Å². The zero-order valence-electron chi connectivity index (χ0n) is 13.4. The SMILES string of the molecule is Nc1c(S(=O)(=O)c2ccccc2)c2ncnc(Cl)c2n1-c1ccccc1. The van der Waals surface area contributed by atoms with Crippen LogP contribution in [0.5, 0.6) is 0 Å². The van der Waals surface area contributed by atoms with Gasteiger partial charge in [0.25, 0.3) is 0 Å². The van der Waals surface area contributed by atoms with Crippen LogP contribution in [0, 0.1) is 0 Å². The molecule has 8 heteroatoms. The summed E-state index contributed by atoms with van der Waals surface area (Å²) < 4.78 is 28.0. The Labute approximate surface area is 154 Å². The van der Waals surface area contributed by atoms with Crippen molar-refractivity contribution < 1.29 is 8.42 Å². The lowest BCUT2D eigenvalue weighted by Crippen LogP contribution is -2.07. The number of rotatable bonds is 3. The van der Waals surface area contributed by atoms with E-state index < -0.39 is 9.84 Å². The van der Waals surface area contributed by atoms with Gasteiger partial charge in [-0.15, -0.1) is 0 Å².